The van der Waals surface area contributed by atoms with E-state index in [9.17, 15) is 0 Å². The van der Waals surface area contributed by atoms with Crippen LogP contribution in [0.3, 0.4) is 0 Å². The molecule has 0 aliphatic carbocycles. The van der Waals surface area contributed by atoms with Crippen molar-refractivity contribution in [3.63, 3.8) is 0 Å². The summed E-state index contributed by atoms with van der Waals surface area (Å²) in [6.07, 6.45) is 1.09. The zero-order valence-electron chi connectivity index (χ0n) is 6.40. The second kappa shape index (κ2) is 4.27. The Hall–Kier alpha value is 0.180. The summed E-state index contributed by atoms with van der Waals surface area (Å²) < 4.78 is 1.21. The maximum absolute atomic E-state index is 3.51. The van der Waals surface area contributed by atoms with Gasteiger partial charge in [-0.05, 0) is 25.0 Å². The van der Waals surface area contributed by atoms with Gasteiger partial charge in [0.15, 0.2) is 0 Å². The minimum absolute atomic E-state index is 1.02. The Morgan fingerprint density at radius 3 is 2.73 bits per heavy atom. The van der Waals surface area contributed by atoms with Gasteiger partial charge in [-0.3, -0.25) is 0 Å². The Balaban J connectivity index is 2.93. The van der Waals surface area contributed by atoms with E-state index >= 15 is 0 Å². The Morgan fingerprint density at radius 2 is 2.09 bits per heavy atom. The van der Waals surface area contributed by atoms with Crippen LogP contribution in [0, 0.1) is 6.92 Å². The SMILES string of the molecule is Cc1ccc(Br)c(CCBr)c1. The zero-order valence-corrected chi connectivity index (χ0v) is 9.57. The van der Waals surface area contributed by atoms with Crippen molar-refractivity contribution in [3.05, 3.63) is 33.8 Å². The van der Waals surface area contributed by atoms with E-state index < -0.39 is 0 Å². The number of alkyl halides is 1. The maximum Gasteiger partial charge on any atom is 0.0207 e. The number of hydrogen-bond donors (Lipinski definition) is 0. The molecule has 0 aliphatic rings. The van der Waals surface area contributed by atoms with E-state index in [1.165, 1.54) is 15.6 Å². The van der Waals surface area contributed by atoms with E-state index in [-0.39, 0.29) is 0 Å². The van der Waals surface area contributed by atoms with E-state index in [0.29, 0.717) is 0 Å². The van der Waals surface area contributed by atoms with E-state index in [4.69, 9.17) is 0 Å². The van der Waals surface area contributed by atoms with Gasteiger partial charge in [0, 0.05) is 9.80 Å². The minimum Gasteiger partial charge on any atom is -0.0924 e. The molecule has 2 heteroatoms. The molecule has 0 nitrogen and oxygen atoms in total. The Kier molecular flexibility index (Phi) is 3.60. The van der Waals surface area contributed by atoms with Gasteiger partial charge < -0.3 is 0 Å². The molecule has 0 aliphatic heterocycles. The van der Waals surface area contributed by atoms with Crippen molar-refractivity contribution in [1.82, 2.24) is 0 Å². The predicted molar refractivity (Wildman–Crippen MR) is 56.4 cm³/mol. The van der Waals surface area contributed by atoms with Crippen molar-refractivity contribution in [3.8, 4) is 0 Å². The summed E-state index contributed by atoms with van der Waals surface area (Å²) in [6.45, 7) is 2.12. The molecule has 0 N–H and O–H groups in total. The molecule has 0 saturated heterocycles. The van der Waals surface area contributed by atoms with Crippen LogP contribution in [0.5, 0.6) is 0 Å². The highest BCUT2D eigenvalue weighted by Crippen LogP contribution is 2.18. The molecule has 11 heavy (non-hydrogen) atoms. The topological polar surface area (TPSA) is 0 Å². The third kappa shape index (κ3) is 2.60. The first-order valence-electron chi connectivity index (χ1n) is 3.55. The van der Waals surface area contributed by atoms with Crippen molar-refractivity contribution in [2.24, 2.45) is 0 Å². The van der Waals surface area contributed by atoms with Crippen LogP contribution in [0.1, 0.15) is 11.1 Å². The van der Waals surface area contributed by atoms with Crippen LogP contribution in [0.4, 0.5) is 0 Å². The average Bonchev–Trinajstić information content (AvgIpc) is 1.98. The van der Waals surface area contributed by atoms with Crippen molar-refractivity contribution in [2.45, 2.75) is 13.3 Å². The standard InChI is InChI=1S/C9H10Br2/c1-7-2-3-9(11)8(6-7)4-5-10/h2-3,6H,4-5H2,1H3. The quantitative estimate of drug-likeness (QED) is 0.724. The molecule has 0 atom stereocenters. The lowest BCUT2D eigenvalue weighted by atomic mass is 10.1. The van der Waals surface area contributed by atoms with Crippen molar-refractivity contribution in [2.75, 3.05) is 5.33 Å². The van der Waals surface area contributed by atoms with Gasteiger partial charge in [0.2, 0.25) is 0 Å². The molecule has 1 rings (SSSR count). The fraction of sp³-hybridized carbons (Fsp3) is 0.333. The number of halogens is 2. The van der Waals surface area contributed by atoms with Crippen LogP contribution in [-0.4, -0.2) is 5.33 Å². The summed E-state index contributed by atoms with van der Waals surface area (Å²) in [5.41, 5.74) is 2.70. The molecular formula is C9H10Br2. The summed E-state index contributed by atoms with van der Waals surface area (Å²) >= 11 is 6.93. The molecule has 0 amide bonds. The van der Waals surface area contributed by atoms with Crippen LogP contribution in [0.15, 0.2) is 22.7 Å². The first-order chi connectivity index (χ1) is 5.24. The first-order valence-corrected chi connectivity index (χ1v) is 5.46. The molecule has 1 aromatic carbocycles. The second-order valence-electron chi connectivity index (χ2n) is 2.53. The van der Waals surface area contributed by atoms with Crippen LogP contribution in [-0.2, 0) is 6.42 Å². The van der Waals surface area contributed by atoms with Crippen molar-refractivity contribution >= 4 is 31.9 Å². The van der Waals surface area contributed by atoms with Crippen LogP contribution in [0.25, 0.3) is 0 Å². The number of rotatable bonds is 2. The van der Waals surface area contributed by atoms with Gasteiger partial charge in [-0.25, -0.2) is 0 Å². The predicted octanol–water partition coefficient (Wildman–Crippen LogP) is 3.69. The van der Waals surface area contributed by atoms with Crippen molar-refractivity contribution < 1.29 is 0 Å². The molecule has 0 saturated carbocycles. The molecule has 0 aromatic heterocycles. The highest BCUT2D eigenvalue weighted by Gasteiger charge is 1.97. The molecule has 0 fully saturated rings. The lowest BCUT2D eigenvalue weighted by Crippen LogP contribution is -1.88. The van der Waals surface area contributed by atoms with Gasteiger partial charge in [0.25, 0.3) is 0 Å². The van der Waals surface area contributed by atoms with Crippen LogP contribution >= 0.6 is 31.9 Å². The highest BCUT2D eigenvalue weighted by molar-refractivity contribution is 9.10. The smallest absolute Gasteiger partial charge is 0.0207 e. The van der Waals surface area contributed by atoms with Gasteiger partial charge in [-0.2, -0.15) is 0 Å². The van der Waals surface area contributed by atoms with E-state index in [1.807, 2.05) is 0 Å². The number of aryl methyl sites for hydroxylation is 2. The zero-order chi connectivity index (χ0) is 8.27. The Bertz CT molecular complexity index is 243. The van der Waals surface area contributed by atoms with E-state index in [1.54, 1.807) is 0 Å². The summed E-state index contributed by atoms with van der Waals surface area (Å²) in [6, 6.07) is 6.43. The molecule has 0 radical (unpaired) electrons. The lowest BCUT2D eigenvalue weighted by Gasteiger charge is -2.02. The van der Waals surface area contributed by atoms with Crippen LogP contribution in [0.2, 0.25) is 0 Å². The monoisotopic (exact) mass is 276 g/mol. The Morgan fingerprint density at radius 1 is 1.36 bits per heavy atom. The van der Waals surface area contributed by atoms with Gasteiger partial charge >= 0.3 is 0 Å². The van der Waals surface area contributed by atoms with Crippen molar-refractivity contribution in [1.29, 1.82) is 0 Å². The fourth-order valence-corrected chi connectivity index (χ4v) is 1.87. The first kappa shape index (κ1) is 9.27. The fourth-order valence-electron chi connectivity index (χ4n) is 0.997. The third-order valence-corrected chi connectivity index (χ3v) is 2.74. The summed E-state index contributed by atoms with van der Waals surface area (Å²) in [4.78, 5) is 0. The molecular weight excluding hydrogens is 268 g/mol. The summed E-state index contributed by atoms with van der Waals surface area (Å²) in [5.74, 6) is 0. The molecule has 0 unspecified atom stereocenters. The minimum atomic E-state index is 1.02. The maximum atomic E-state index is 3.51. The second-order valence-corrected chi connectivity index (χ2v) is 4.18. The van der Waals surface area contributed by atoms with Gasteiger partial charge in [-0.1, -0.05) is 49.6 Å². The van der Waals surface area contributed by atoms with Gasteiger partial charge in [0.05, 0.1) is 0 Å². The normalized spacial score (nSPS) is 10.1. The molecule has 1 aromatic rings. The molecule has 60 valence electrons. The third-order valence-electron chi connectivity index (χ3n) is 1.57. The number of hydrogen-bond acceptors (Lipinski definition) is 0. The largest absolute Gasteiger partial charge is 0.0924 e. The van der Waals surface area contributed by atoms with E-state index in [2.05, 4.69) is 57.0 Å². The summed E-state index contributed by atoms with van der Waals surface area (Å²) in [7, 11) is 0. The lowest BCUT2D eigenvalue weighted by molar-refractivity contribution is 1.14. The number of benzene rings is 1. The Labute approximate surface area is 84.3 Å². The summed E-state index contributed by atoms with van der Waals surface area (Å²) in [5, 5.41) is 1.02. The highest BCUT2D eigenvalue weighted by atomic mass is 79.9. The van der Waals surface area contributed by atoms with Gasteiger partial charge in [-0.15, -0.1) is 0 Å². The molecule has 0 spiro atoms. The van der Waals surface area contributed by atoms with Crippen LogP contribution < -0.4 is 0 Å². The molecule has 0 heterocycles. The van der Waals surface area contributed by atoms with E-state index in [0.717, 1.165) is 11.8 Å². The average molecular weight is 278 g/mol. The molecule has 0 bridgehead atoms. The van der Waals surface area contributed by atoms with Gasteiger partial charge in [0.1, 0.15) is 0 Å².